The largest absolute Gasteiger partial charge is 0.468 e. The van der Waals surface area contributed by atoms with E-state index in [-0.39, 0.29) is 5.69 Å². The highest BCUT2D eigenvalue weighted by molar-refractivity contribution is 6.54. The number of hydrogen-bond acceptors (Lipinski definition) is 7. The number of carbonyl (C=O) groups is 5. The number of Topliss-reactive ketones (excluding diaryl/α,β-unsaturated/α-hetero) is 2. The van der Waals surface area contributed by atoms with Gasteiger partial charge in [-0.2, -0.15) is 0 Å². The van der Waals surface area contributed by atoms with Gasteiger partial charge in [0.2, 0.25) is 5.78 Å². The lowest BCUT2D eigenvalue weighted by Gasteiger charge is -2.11. The van der Waals surface area contributed by atoms with Crippen molar-refractivity contribution in [2.45, 2.75) is 0 Å². The molecule has 8 nitrogen and oxygen atoms in total. The lowest BCUT2D eigenvalue weighted by molar-refractivity contribution is -0.163. The molecule has 0 aliphatic carbocycles. The molecule has 9 heteroatoms. The highest BCUT2D eigenvalue weighted by Crippen LogP contribution is 2.15. The Morgan fingerprint density at radius 1 is 1.04 bits per heavy atom. The van der Waals surface area contributed by atoms with E-state index in [1.807, 2.05) is 0 Å². The van der Waals surface area contributed by atoms with E-state index >= 15 is 0 Å². The molecular formula is C14H12ClNO7. The number of amides is 1. The highest BCUT2D eigenvalue weighted by atomic mass is 35.5. The van der Waals surface area contributed by atoms with Gasteiger partial charge in [-0.15, -0.1) is 0 Å². The molecule has 0 aromatic heterocycles. The van der Waals surface area contributed by atoms with E-state index in [1.54, 1.807) is 0 Å². The zero-order valence-electron chi connectivity index (χ0n) is 12.1. The zero-order valence-corrected chi connectivity index (χ0v) is 12.9. The molecule has 0 spiro atoms. The van der Waals surface area contributed by atoms with Crippen molar-refractivity contribution in [2.75, 3.05) is 19.5 Å². The van der Waals surface area contributed by atoms with Gasteiger partial charge in [-0.1, -0.05) is 17.7 Å². The molecule has 1 amide bonds. The number of carbonyl (C=O) groups excluding carboxylic acids is 5. The molecule has 0 heterocycles. The Kier molecular flexibility index (Phi) is 6.40. The van der Waals surface area contributed by atoms with E-state index in [4.69, 9.17) is 11.6 Å². The minimum atomic E-state index is -2.23. The average Bonchev–Trinajstić information content (AvgIpc) is 2.53. The van der Waals surface area contributed by atoms with E-state index in [1.165, 1.54) is 24.3 Å². The number of benzene rings is 1. The van der Waals surface area contributed by atoms with E-state index in [9.17, 15) is 24.0 Å². The first-order valence-electron chi connectivity index (χ1n) is 6.12. The van der Waals surface area contributed by atoms with Gasteiger partial charge in [0.1, 0.15) is 0 Å². The van der Waals surface area contributed by atoms with Crippen molar-refractivity contribution in [3.05, 3.63) is 29.3 Å². The molecule has 23 heavy (non-hydrogen) atoms. The van der Waals surface area contributed by atoms with Crippen molar-refractivity contribution < 1.29 is 33.4 Å². The maximum Gasteiger partial charge on any atom is 0.375 e. The predicted octanol–water partition coefficient (Wildman–Crippen LogP) is 0.379. The van der Waals surface area contributed by atoms with Crippen LogP contribution < -0.4 is 5.32 Å². The molecule has 1 aromatic rings. The number of halogens is 1. The van der Waals surface area contributed by atoms with Crippen LogP contribution in [-0.2, 0) is 33.4 Å². The molecule has 0 unspecified atom stereocenters. The summed E-state index contributed by atoms with van der Waals surface area (Å²) in [5.41, 5.74) is 0.171. The third-order valence-corrected chi connectivity index (χ3v) is 2.89. The molecule has 0 bridgehead atoms. The molecule has 0 aliphatic heterocycles. The quantitative estimate of drug-likeness (QED) is 0.451. The standard InChI is InChI=1S/C14H12ClNO7/c1-22-13(20)9(11(18)14(21)23-2)10(17)12(19)16-8-5-3-4-7(15)6-8/h3-6,9H,1-2H3,(H,16,19)/t9-/m1/s1. The van der Waals surface area contributed by atoms with Crippen molar-refractivity contribution >= 4 is 46.7 Å². The Labute approximate surface area is 135 Å². The molecule has 0 saturated heterocycles. The molecule has 122 valence electrons. The normalized spacial score (nSPS) is 11.1. The third-order valence-electron chi connectivity index (χ3n) is 2.65. The number of anilines is 1. The number of hydrogen-bond donors (Lipinski definition) is 1. The summed E-state index contributed by atoms with van der Waals surface area (Å²) in [5, 5.41) is 2.47. The van der Waals surface area contributed by atoms with Crippen molar-refractivity contribution in [3.63, 3.8) is 0 Å². The van der Waals surface area contributed by atoms with Crippen molar-refractivity contribution in [1.29, 1.82) is 0 Å². The van der Waals surface area contributed by atoms with Crippen LogP contribution in [0.25, 0.3) is 0 Å². The fourth-order valence-electron chi connectivity index (χ4n) is 1.56. The van der Waals surface area contributed by atoms with Crippen LogP contribution >= 0.6 is 11.6 Å². The van der Waals surface area contributed by atoms with Gasteiger partial charge in [0.05, 0.1) is 14.2 Å². The maximum atomic E-state index is 12.0. The van der Waals surface area contributed by atoms with Crippen LogP contribution in [0.15, 0.2) is 24.3 Å². The van der Waals surface area contributed by atoms with Gasteiger partial charge in [-0.05, 0) is 18.2 Å². The fourth-order valence-corrected chi connectivity index (χ4v) is 1.75. The summed E-state index contributed by atoms with van der Waals surface area (Å²) >= 11 is 5.73. The van der Waals surface area contributed by atoms with Gasteiger partial charge in [-0.3, -0.25) is 19.2 Å². The van der Waals surface area contributed by atoms with Crippen LogP contribution in [0.4, 0.5) is 5.69 Å². The summed E-state index contributed by atoms with van der Waals surface area (Å²) in [6, 6.07) is 5.84. The number of ketones is 2. The van der Waals surface area contributed by atoms with Gasteiger partial charge in [-0.25, -0.2) is 4.79 Å². The first-order valence-corrected chi connectivity index (χ1v) is 6.50. The molecule has 1 atom stereocenters. The van der Waals surface area contributed by atoms with Gasteiger partial charge in [0.25, 0.3) is 11.7 Å². The van der Waals surface area contributed by atoms with Crippen LogP contribution in [0, 0.1) is 5.92 Å². The van der Waals surface area contributed by atoms with Gasteiger partial charge < -0.3 is 14.8 Å². The van der Waals surface area contributed by atoms with E-state index in [2.05, 4.69) is 14.8 Å². The zero-order chi connectivity index (χ0) is 17.6. The van der Waals surface area contributed by atoms with Gasteiger partial charge in [0.15, 0.2) is 5.92 Å². The molecule has 1 N–H and O–H groups in total. The molecule has 0 aliphatic rings. The van der Waals surface area contributed by atoms with Gasteiger partial charge >= 0.3 is 11.9 Å². The number of methoxy groups -OCH3 is 2. The Hall–Kier alpha value is -2.74. The molecule has 1 aromatic carbocycles. The Bertz CT molecular complexity index is 671. The average molecular weight is 342 g/mol. The minimum Gasteiger partial charge on any atom is -0.468 e. The summed E-state index contributed by atoms with van der Waals surface area (Å²) in [5.74, 6) is -9.24. The molecule has 0 saturated carbocycles. The third kappa shape index (κ3) is 4.62. The minimum absolute atomic E-state index is 0.171. The molecule has 0 radical (unpaired) electrons. The Balaban J connectivity index is 3.00. The summed E-state index contributed by atoms with van der Waals surface area (Å²) in [7, 11) is 1.80. The maximum absolute atomic E-state index is 12.0. The number of rotatable bonds is 6. The van der Waals surface area contributed by atoms with E-state index in [0.717, 1.165) is 14.2 Å². The summed E-state index contributed by atoms with van der Waals surface area (Å²) in [6.07, 6.45) is 0. The van der Waals surface area contributed by atoms with E-state index < -0.39 is 35.3 Å². The summed E-state index contributed by atoms with van der Waals surface area (Å²) in [6.45, 7) is 0. The smallest absolute Gasteiger partial charge is 0.375 e. The first-order chi connectivity index (χ1) is 10.8. The lowest BCUT2D eigenvalue weighted by atomic mass is 9.98. The SMILES string of the molecule is COC(=O)C(=O)[C@H](C(=O)OC)C(=O)C(=O)Nc1cccc(Cl)c1. The second kappa shape index (κ2) is 8.04. The molecule has 0 fully saturated rings. The monoisotopic (exact) mass is 341 g/mol. The second-order valence-corrected chi connectivity index (χ2v) is 4.58. The first kappa shape index (κ1) is 18.3. The molecular weight excluding hydrogens is 330 g/mol. The molecule has 1 rings (SSSR count). The second-order valence-electron chi connectivity index (χ2n) is 4.14. The summed E-state index contributed by atoms with van der Waals surface area (Å²) < 4.78 is 8.43. The van der Waals surface area contributed by atoms with Crippen LogP contribution in [0.5, 0.6) is 0 Å². The number of nitrogens with one attached hydrogen (secondary N) is 1. The Morgan fingerprint density at radius 2 is 1.70 bits per heavy atom. The Morgan fingerprint density at radius 3 is 2.22 bits per heavy atom. The summed E-state index contributed by atoms with van der Waals surface area (Å²) in [4.78, 5) is 58.4. The number of ether oxygens (including phenoxy) is 2. The van der Waals surface area contributed by atoms with Crippen LogP contribution in [0.2, 0.25) is 5.02 Å². The van der Waals surface area contributed by atoms with E-state index in [0.29, 0.717) is 5.02 Å². The van der Waals surface area contributed by atoms with Crippen molar-refractivity contribution in [3.8, 4) is 0 Å². The van der Waals surface area contributed by atoms with Crippen LogP contribution in [0.3, 0.4) is 0 Å². The van der Waals surface area contributed by atoms with Crippen LogP contribution in [-0.4, -0.2) is 43.6 Å². The predicted molar refractivity (Wildman–Crippen MR) is 77.6 cm³/mol. The lowest BCUT2D eigenvalue weighted by Crippen LogP contribution is -2.42. The number of esters is 2. The fraction of sp³-hybridized carbons (Fsp3) is 0.214. The van der Waals surface area contributed by atoms with Crippen LogP contribution in [0.1, 0.15) is 0 Å². The van der Waals surface area contributed by atoms with Crippen molar-refractivity contribution in [1.82, 2.24) is 0 Å². The highest BCUT2D eigenvalue weighted by Gasteiger charge is 2.42. The topological polar surface area (TPSA) is 116 Å². The van der Waals surface area contributed by atoms with Crippen molar-refractivity contribution in [2.24, 2.45) is 5.92 Å². The van der Waals surface area contributed by atoms with Gasteiger partial charge in [0, 0.05) is 10.7 Å².